The zero-order valence-electron chi connectivity index (χ0n) is 18.8. The van der Waals surface area contributed by atoms with Gasteiger partial charge in [0.15, 0.2) is 17.3 Å². The van der Waals surface area contributed by atoms with Gasteiger partial charge < -0.3 is 13.9 Å². The van der Waals surface area contributed by atoms with Crippen molar-refractivity contribution >= 4 is 44.0 Å². The van der Waals surface area contributed by atoms with E-state index in [2.05, 4.69) is 27.6 Å². The van der Waals surface area contributed by atoms with Gasteiger partial charge in [-0.15, -0.1) is 0 Å². The lowest BCUT2D eigenvalue weighted by molar-refractivity contribution is 0.324. The Labute approximate surface area is 209 Å². The molecule has 0 amide bonds. The molecule has 0 unspecified atom stereocenters. The van der Waals surface area contributed by atoms with E-state index >= 15 is 0 Å². The van der Waals surface area contributed by atoms with Gasteiger partial charge in [0.05, 0.1) is 28.7 Å². The molecule has 0 aliphatic heterocycles. The predicted octanol–water partition coefficient (Wildman–Crippen LogP) is 6.03. The molecule has 2 heterocycles. The normalized spacial score (nSPS) is 11.4. The van der Waals surface area contributed by atoms with Crippen LogP contribution in [0, 0.1) is 0 Å². The van der Waals surface area contributed by atoms with E-state index in [0.29, 0.717) is 56.2 Å². The van der Waals surface area contributed by atoms with Crippen LogP contribution in [0.3, 0.4) is 0 Å². The van der Waals surface area contributed by atoms with E-state index in [9.17, 15) is 4.79 Å². The first-order valence-corrected chi connectivity index (χ1v) is 11.5. The predicted molar refractivity (Wildman–Crippen MR) is 141 cm³/mol. The minimum Gasteiger partial charge on any atom is -0.493 e. The molecule has 0 aliphatic carbocycles. The third-order valence-electron chi connectivity index (χ3n) is 5.32. The molecule has 0 aliphatic rings. The van der Waals surface area contributed by atoms with Crippen molar-refractivity contribution in [1.29, 1.82) is 0 Å². The van der Waals surface area contributed by atoms with Crippen molar-refractivity contribution in [2.24, 2.45) is 5.10 Å². The van der Waals surface area contributed by atoms with E-state index in [4.69, 9.17) is 18.9 Å². The molecule has 3 aromatic carbocycles. The number of benzene rings is 3. The van der Waals surface area contributed by atoms with Crippen molar-refractivity contribution in [2.45, 2.75) is 0 Å². The highest BCUT2D eigenvalue weighted by Gasteiger charge is 2.17. The van der Waals surface area contributed by atoms with Gasteiger partial charge in [0, 0.05) is 5.39 Å². The van der Waals surface area contributed by atoms with E-state index < -0.39 is 0 Å². The van der Waals surface area contributed by atoms with Crippen molar-refractivity contribution in [3.8, 4) is 23.1 Å². The van der Waals surface area contributed by atoms with Gasteiger partial charge in [-0.1, -0.05) is 43.0 Å². The number of rotatable bonds is 7. The summed E-state index contributed by atoms with van der Waals surface area (Å²) in [7, 11) is 1.56. The van der Waals surface area contributed by atoms with Crippen LogP contribution in [0.15, 0.2) is 98.2 Å². The van der Waals surface area contributed by atoms with Crippen LogP contribution < -0.4 is 15.0 Å². The van der Waals surface area contributed by atoms with E-state index in [-0.39, 0.29) is 5.56 Å². The summed E-state index contributed by atoms with van der Waals surface area (Å²) in [6.45, 7) is 4.00. The molecule has 8 heteroatoms. The number of nitrogens with zero attached hydrogens (tertiary/aromatic N) is 3. The molecule has 0 saturated carbocycles. The molecule has 0 radical (unpaired) electrons. The van der Waals surface area contributed by atoms with Crippen LogP contribution in [-0.4, -0.2) is 29.6 Å². The summed E-state index contributed by atoms with van der Waals surface area (Å²) in [6.07, 6.45) is 3.22. The number of fused-ring (bicyclic) bond motifs is 2. The maximum absolute atomic E-state index is 13.4. The van der Waals surface area contributed by atoms with Crippen LogP contribution in [0.1, 0.15) is 5.56 Å². The fraction of sp³-hybridized carbons (Fsp3) is 0.0741. The van der Waals surface area contributed by atoms with Crippen LogP contribution in [0.25, 0.3) is 33.5 Å². The lowest BCUT2D eigenvalue weighted by Gasteiger charge is -2.12. The van der Waals surface area contributed by atoms with Gasteiger partial charge in [0.1, 0.15) is 12.2 Å². The third kappa shape index (κ3) is 4.36. The van der Waals surface area contributed by atoms with Crippen LogP contribution in [0.5, 0.6) is 11.5 Å². The van der Waals surface area contributed by atoms with Gasteiger partial charge in [-0.2, -0.15) is 9.78 Å². The molecule has 35 heavy (non-hydrogen) atoms. The topological polar surface area (TPSA) is 78.9 Å². The average Bonchev–Trinajstić information content (AvgIpc) is 3.31. The van der Waals surface area contributed by atoms with Gasteiger partial charge in [-0.05, 0) is 57.9 Å². The largest absolute Gasteiger partial charge is 0.493 e. The molecule has 7 nitrogen and oxygen atoms in total. The molecule has 0 fully saturated rings. The molecule has 2 aromatic heterocycles. The standard InChI is InChI=1S/C27H20BrN3O4/c1-3-12-34-25-20(28)13-17(14-23(25)33-2)16-29-31-26(24-15-18-8-4-7-11-22(18)35-24)30-21-10-6-5-9-19(21)27(31)32/h3-11,13-16H,1,12H2,2H3. The van der Waals surface area contributed by atoms with Gasteiger partial charge in [0.2, 0.25) is 5.82 Å². The quantitative estimate of drug-likeness (QED) is 0.190. The SMILES string of the molecule is C=CCOc1c(Br)cc(C=Nn2c(-c3cc4ccccc4o3)nc3ccccc3c2=O)cc1OC. The van der Waals surface area contributed by atoms with Crippen molar-refractivity contribution in [3.63, 3.8) is 0 Å². The first-order valence-electron chi connectivity index (χ1n) is 10.8. The van der Waals surface area contributed by atoms with Gasteiger partial charge >= 0.3 is 0 Å². The number of hydrogen-bond acceptors (Lipinski definition) is 6. The first kappa shape index (κ1) is 22.6. The summed E-state index contributed by atoms with van der Waals surface area (Å²) in [6, 6.07) is 20.2. The van der Waals surface area contributed by atoms with E-state index in [1.807, 2.05) is 42.5 Å². The number of halogens is 1. The number of para-hydroxylation sites is 2. The molecule has 0 bridgehead atoms. The maximum atomic E-state index is 13.4. The number of furan rings is 1. The number of methoxy groups -OCH3 is 1. The molecule has 0 atom stereocenters. The Morgan fingerprint density at radius 2 is 1.94 bits per heavy atom. The number of hydrogen-bond donors (Lipinski definition) is 0. The Bertz CT molecular complexity index is 1620. The second-order valence-corrected chi connectivity index (χ2v) is 8.45. The van der Waals surface area contributed by atoms with E-state index in [1.54, 1.807) is 43.7 Å². The van der Waals surface area contributed by atoms with E-state index in [0.717, 1.165) is 5.39 Å². The van der Waals surface area contributed by atoms with Gasteiger partial charge in [0.25, 0.3) is 5.56 Å². The zero-order valence-corrected chi connectivity index (χ0v) is 20.4. The molecule has 5 rings (SSSR count). The lowest BCUT2D eigenvalue weighted by Crippen LogP contribution is -2.20. The van der Waals surface area contributed by atoms with Gasteiger partial charge in [-0.3, -0.25) is 4.79 Å². The zero-order chi connectivity index (χ0) is 24.4. The monoisotopic (exact) mass is 529 g/mol. The summed E-state index contributed by atoms with van der Waals surface area (Å²) < 4.78 is 19.1. The second-order valence-electron chi connectivity index (χ2n) is 7.60. The minimum absolute atomic E-state index is 0.304. The van der Waals surface area contributed by atoms with Crippen molar-refractivity contribution < 1.29 is 13.9 Å². The Kier molecular flexibility index (Phi) is 6.20. The molecule has 174 valence electrons. The van der Waals surface area contributed by atoms with Crippen LogP contribution in [0.4, 0.5) is 0 Å². The average molecular weight is 530 g/mol. The Hall–Kier alpha value is -4.17. The molecule has 5 aromatic rings. The Balaban J connectivity index is 1.65. The number of aromatic nitrogens is 2. The molecular weight excluding hydrogens is 510 g/mol. The number of ether oxygens (including phenoxy) is 2. The summed E-state index contributed by atoms with van der Waals surface area (Å²) in [5.41, 5.74) is 1.64. The van der Waals surface area contributed by atoms with Crippen LogP contribution in [-0.2, 0) is 0 Å². The smallest absolute Gasteiger partial charge is 0.282 e. The van der Waals surface area contributed by atoms with Crippen LogP contribution in [0.2, 0.25) is 0 Å². The van der Waals surface area contributed by atoms with E-state index in [1.165, 1.54) is 4.68 Å². The van der Waals surface area contributed by atoms with Gasteiger partial charge in [-0.25, -0.2) is 4.98 Å². The van der Waals surface area contributed by atoms with Crippen molar-refractivity contribution in [2.75, 3.05) is 13.7 Å². The molecular formula is C27H20BrN3O4. The fourth-order valence-corrected chi connectivity index (χ4v) is 4.28. The highest BCUT2D eigenvalue weighted by Crippen LogP contribution is 2.36. The molecule has 0 spiro atoms. The summed E-state index contributed by atoms with van der Waals surface area (Å²) >= 11 is 3.52. The second kappa shape index (κ2) is 9.60. The first-order chi connectivity index (χ1) is 17.1. The fourth-order valence-electron chi connectivity index (χ4n) is 3.70. The summed E-state index contributed by atoms with van der Waals surface area (Å²) in [4.78, 5) is 18.1. The maximum Gasteiger partial charge on any atom is 0.282 e. The summed E-state index contributed by atoms with van der Waals surface area (Å²) in [5, 5.41) is 5.87. The van der Waals surface area contributed by atoms with Crippen LogP contribution >= 0.6 is 15.9 Å². The summed E-state index contributed by atoms with van der Waals surface area (Å²) in [5.74, 6) is 1.82. The Morgan fingerprint density at radius 3 is 2.74 bits per heavy atom. The third-order valence-corrected chi connectivity index (χ3v) is 5.91. The Morgan fingerprint density at radius 1 is 1.14 bits per heavy atom. The molecule has 0 saturated heterocycles. The highest BCUT2D eigenvalue weighted by atomic mass is 79.9. The highest BCUT2D eigenvalue weighted by molar-refractivity contribution is 9.10. The lowest BCUT2D eigenvalue weighted by atomic mass is 10.2. The minimum atomic E-state index is -0.306. The van der Waals surface area contributed by atoms with Crippen molar-refractivity contribution in [3.05, 3.63) is 99.8 Å². The van der Waals surface area contributed by atoms with Crippen molar-refractivity contribution in [1.82, 2.24) is 9.66 Å². The molecule has 0 N–H and O–H groups in total.